The van der Waals surface area contributed by atoms with Crippen molar-refractivity contribution in [1.29, 1.82) is 0 Å². The van der Waals surface area contributed by atoms with Gasteiger partial charge < -0.3 is 20.4 Å². The highest BCUT2D eigenvalue weighted by Gasteiger charge is 2.35. The Morgan fingerprint density at radius 3 is 2.38 bits per heavy atom. The molecule has 2 aromatic heterocycles. The molecule has 16 heteroatoms. The molecule has 3 rings (SSSR count). The molecule has 2 heterocycles. The number of aromatic nitrogens is 3. The minimum absolute atomic E-state index is 0.0368. The lowest BCUT2D eigenvalue weighted by molar-refractivity contribution is -0.137. The van der Waals surface area contributed by atoms with Gasteiger partial charge in [-0.2, -0.15) is 18.2 Å². The molecule has 4 N–H and O–H groups in total. The molecule has 1 aromatic carbocycles. The number of hydrogen-bond acceptors (Lipinski definition) is 8. The standard InChI is InChI=1S/C21H24F3N6O5PS/c1-12-13(2)17(36(31,32)33)8-7-16(12)28-20-27-11-15(21(22,23)24)18(29-20)26-10-14-6-5-9-25-19(14)30(3)37(4,34)35/h5-9,11H,10H2,1-4H3,(H2,31,32,33)(H2,26,27,28,29). The summed E-state index contributed by atoms with van der Waals surface area (Å²) in [5.41, 5.74) is 0.246. The minimum atomic E-state index is -4.79. The zero-order valence-electron chi connectivity index (χ0n) is 20.1. The molecule has 0 spiro atoms. The Morgan fingerprint density at radius 1 is 1.11 bits per heavy atom. The topological polar surface area (TPSA) is 158 Å². The lowest BCUT2D eigenvalue weighted by Gasteiger charge is -2.20. The van der Waals surface area contributed by atoms with Gasteiger partial charge in [0, 0.05) is 37.2 Å². The third kappa shape index (κ3) is 6.55. The predicted octanol–water partition coefficient (Wildman–Crippen LogP) is 3.06. The van der Waals surface area contributed by atoms with Crippen LogP contribution in [0.15, 0.2) is 36.7 Å². The van der Waals surface area contributed by atoms with Crippen LogP contribution in [0.2, 0.25) is 0 Å². The first-order chi connectivity index (χ1) is 17.0. The number of pyridine rings is 1. The number of hydrogen-bond donors (Lipinski definition) is 4. The smallest absolute Gasteiger partial charge is 0.365 e. The van der Waals surface area contributed by atoms with E-state index in [2.05, 4.69) is 25.6 Å². The number of alkyl halides is 3. The van der Waals surface area contributed by atoms with Crippen molar-refractivity contribution in [2.45, 2.75) is 26.6 Å². The van der Waals surface area contributed by atoms with E-state index in [-0.39, 0.29) is 23.6 Å². The summed E-state index contributed by atoms with van der Waals surface area (Å²) in [6.07, 6.45) is -1.87. The maximum absolute atomic E-state index is 13.7. The number of benzene rings is 1. The van der Waals surface area contributed by atoms with Gasteiger partial charge in [-0.1, -0.05) is 6.07 Å². The second-order valence-corrected chi connectivity index (χ2v) is 11.7. The van der Waals surface area contributed by atoms with Gasteiger partial charge in [0.25, 0.3) is 0 Å². The average molecular weight is 560 g/mol. The Morgan fingerprint density at radius 2 is 1.78 bits per heavy atom. The molecule has 0 aliphatic carbocycles. The number of rotatable bonds is 8. The van der Waals surface area contributed by atoms with Crippen LogP contribution in [-0.2, 0) is 27.3 Å². The Labute approximate surface area is 211 Å². The molecule has 11 nitrogen and oxygen atoms in total. The van der Waals surface area contributed by atoms with E-state index in [0.717, 1.165) is 10.6 Å². The molecular formula is C21H24F3N6O5PS. The lowest BCUT2D eigenvalue weighted by Crippen LogP contribution is -2.27. The van der Waals surface area contributed by atoms with E-state index >= 15 is 0 Å². The van der Waals surface area contributed by atoms with E-state index in [0.29, 0.717) is 28.6 Å². The summed E-state index contributed by atoms with van der Waals surface area (Å²) in [5.74, 6) is -0.737. The van der Waals surface area contributed by atoms with Crippen LogP contribution in [0, 0.1) is 13.8 Å². The van der Waals surface area contributed by atoms with Crippen molar-refractivity contribution >= 4 is 46.2 Å². The second kappa shape index (κ2) is 10.2. The fourth-order valence-electron chi connectivity index (χ4n) is 3.35. The van der Waals surface area contributed by atoms with Crippen molar-refractivity contribution in [3.05, 3.63) is 58.9 Å². The summed E-state index contributed by atoms with van der Waals surface area (Å²) in [6, 6.07) is 5.62. The van der Waals surface area contributed by atoms with Gasteiger partial charge in [-0.3, -0.25) is 8.87 Å². The first-order valence-corrected chi connectivity index (χ1v) is 14.0. The highest BCUT2D eigenvalue weighted by atomic mass is 32.2. The van der Waals surface area contributed by atoms with Gasteiger partial charge in [-0.05, 0) is 43.2 Å². The molecule has 0 atom stereocenters. The van der Waals surface area contributed by atoms with Gasteiger partial charge in [0.05, 0.1) is 11.6 Å². The van der Waals surface area contributed by atoms with Crippen LogP contribution in [-0.4, -0.2) is 46.5 Å². The largest absolute Gasteiger partial charge is 0.421 e. The Hall–Kier alpha value is -3.26. The maximum atomic E-state index is 13.7. The molecule has 0 radical (unpaired) electrons. The SMILES string of the molecule is Cc1c(Nc2ncc(C(F)(F)F)c(NCc3cccnc3N(C)S(C)(=O)=O)n2)ccc(P(=O)(O)O)c1C. The molecular weight excluding hydrogens is 536 g/mol. The quantitative estimate of drug-likeness (QED) is 0.302. The molecule has 0 saturated carbocycles. The summed E-state index contributed by atoms with van der Waals surface area (Å²) in [5, 5.41) is 5.20. The highest BCUT2D eigenvalue weighted by Crippen LogP contribution is 2.38. The highest BCUT2D eigenvalue weighted by molar-refractivity contribution is 7.92. The molecule has 0 bridgehead atoms. The first kappa shape index (κ1) is 28.3. The van der Waals surface area contributed by atoms with Gasteiger partial charge in [0.2, 0.25) is 16.0 Å². The Kier molecular flexibility index (Phi) is 7.84. The van der Waals surface area contributed by atoms with Crippen molar-refractivity contribution in [1.82, 2.24) is 15.0 Å². The monoisotopic (exact) mass is 560 g/mol. The number of sulfonamides is 1. The normalized spacial score (nSPS) is 12.4. The molecule has 0 fully saturated rings. The van der Waals surface area contributed by atoms with E-state index in [4.69, 9.17) is 0 Å². The van der Waals surface area contributed by atoms with Crippen molar-refractivity contribution < 1.29 is 35.9 Å². The van der Waals surface area contributed by atoms with Gasteiger partial charge >= 0.3 is 13.8 Å². The van der Waals surface area contributed by atoms with Gasteiger partial charge in [-0.15, -0.1) is 0 Å². The molecule has 0 amide bonds. The van der Waals surface area contributed by atoms with Crippen LogP contribution >= 0.6 is 7.60 Å². The molecule has 0 unspecified atom stereocenters. The van der Waals surface area contributed by atoms with Gasteiger partial charge in [-0.25, -0.2) is 18.4 Å². The van der Waals surface area contributed by atoms with Crippen LogP contribution in [0.4, 0.5) is 36.4 Å². The fourth-order valence-corrected chi connectivity index (χ4v) is 4.70. The van der Waals surface area contributed by atoms with Crippen molar-refractivity contribution in [3.63, 3.8) is 0 Å². The third-order valence-electron chi connectivity index (χ3n) is 5.52. The summed E-state index contributed by atoms with van der Waals surface area (Å²) in [4.78, 5) is 30.7. The van der Waals surface area contributed by atoms with E-state index in [1.807, 2.05) is 0 Å². The van der Waals surface area contributed by atoms with E-state index in [9.17, 15) is 35.9 Å². The summed E-state index contributed by atoms with van der Waals surface area (Å²) < 4.78 is 77.4. The molecule has 3 aromatic rings. The minimum Gasteiger partial charge on any atom is -0.365 e. The third-order valence-corrected chi connectivity index (χ3v) is 7.80. The summed E-state index contributed by atoms with van der Waals surface area (Å²) in [6.45, 7) is 2.86. The number of nitrogens with one attached hydrogen (secondary N) is 2. The van der Waals surface area contributed by atoms with E-state index in [1.54, 1.807) is 6.92 Å². The molecule has 37 heavy (non-hydrogen) atoms. The second-order valence-electron chi connectivity index (χ2n) is 8.08. The van der Waals surface area contributed by atoms with Crippen LogP contribution in [0.1, 0.15) is 22.3 Å². The zero-order chi connectivity index (χ0) is 27.8. The molecule has 200 valence electrons. The van der Waals surface area contributed by atoms with Gasteiger partial charge in [0.15, 0.2) is 0 Å². The van der Waals surface area contributed by atoms with E-state index < -0.39 is 35.2 Å². The molecule has 0 saturated heterocycles. The van der Waals surface area contributed by atoms with Crippen molar-refractivity contribution in [2.24, 2.45) is 0 Å². The van der Waals surface area contributed by atoms with Crippen molar-refractivity contribution in [2.75, 3.05) is 28.2 Å². The van der Waals surface area contributed by atoms with Crippen LogP contribution in [0.5, 0.6) is 0 Å². The predicted molar refractivity (Wildman–Crippen MR) is 133 cm³/mol. The number of nitrogens with zero attached hydrogens (tertiary/aromatic N) is 4. The number of anilines is 4. The van der Waals surface area contributed by atoms with Crippen LogP contribution in [0.25, 0.3) is 0 Å². The van der Waals surface area contributed by atoms with Crippen LogP contribution < -0.4 is 20.2 Å². The van der Waals surface area contributed by atoms with Crippen molar-refractivity contribution in [3.8, 4) is 0 Å². The fraction of sp³-hybridized carbons (Fsp3) is 0.286. The Bertz CT molecular complexity index is 1480. The zero-order valence-corrected chi connectivity index (χ0v) is 21.8. The van der Waals surface area contributed by atoms with Gasteiger partial charge in [0.1, 0.15) is 17.2 Å². The lowest BCUT2D eigenvalue weighted by atomic mass is 10.1. The maximum Gasteiger partial charge on any atom is 0.421 e. The van der Waals surface area contributed by atoms with Crippen LogP contribution in [0.3, 0.4) is 0 Å². The average Bonchev–Trinajstić information content (AvgIpc) is 2.78. The Balaban J connectivity index is 1.96. The number of halogens is 3. The molecule has 0 aliphatic heterocycles. The first-order valence-electron chi connectivity index (χ1n) is 10.5. The van der Waals surface area contributed by atoms with E-state index in [1.165, 1.54) is 44.4 Å². The summed E-state index contributed by atoms with van der Waals surface area (Å²) >= 11 is 0. The summed E-state index contributed by atoms with van der Waals surface area (Å²) in [7, 11) is -6.92. The molecule has 0 aliphatic rings.